The third kappa shape index (κ3) is 4.37. The van der Waals surface area contributed by atoms with Crippen molar-refractivity contribution < 1.29 is 5.02 Å². The van der Waals surface area contributed by atoms with E-state index in [1.165, 1.54) is 6.36 Å². The van der Waals surface area contributed by atoms with Gasteiger partial charge in [0.25, 0.3) is 0 Å². The van der Waals surface area contributed by atoms with Crippen LogP contribution in [-0.4, -0.2) is 23.9 Å². The van der Waals surface area contributed by atoms with E-state index in [0.29, 0.717) is 0 Å². The van der Waals surface area contributed by atoms with E-state index in [-0.39, 0.29) is 10.3 Å². The summed E-state index contributed by atoms with van der Waals surface area (Å²) in [6.07, 6.45) is 5.08. The predicted octanol–water partition coefficient (Wildman–Crippen LogP) is 0.0414. The number of hydrogen-bond acceptors (Lipinski definition) is 0. The summed E-state index contributed by atoms with van der Waals surface area (Å²) in [7, 11) is 0.108. The Kier molecular flexibility index (Phi) is 2.80. The van der Waals surface area contributed by atoms with Gasteiger partial charge in [-0.15, -0.1) is 0 Å². The van der Waals surface area contributed by atoms with Crippen LogP contribution < -0.4 is 0 Å². The van der Waals surface area contributed by atoms with Crippen LogP contribution in [-0.2, 0) is 0 Å². The van der Waals surface area contributed by atoms with Crippen molar-refractivity contribution in [2.24, 2.45) is 0 Å². The molecule has 0 unspecified atom stereocenters. The second kappa shape index (κ2) is 2.60. The fourth-order valence-corrected chi connectivity index (χ4v) is 0. The Labute approximate surface area is 35.1 Å². The van der Waals surface area contributed by atoms with Gasteiger partial charge in [-0.25, -0.2) is 0 Å². The Hall–Kier alpha value is 0.375. The molecule has 0 aromatic carbocycles. The first-order chi connectivity index (χ1) is 2.27. The molecule has 1 nitrogen and oxygen atoms in total. The standard InChI is InChI=1S/C2H7BOS/c1-5(2)3-4/h4H,1-2H3. The van der Waals surface area contributed by atoms with Crippen LogP contribution in [0.5, 0.6) is 0 Å². The zero-order chi connectivity index (χ0) is 4.28. The summed E-state index contributed by atoms with van der Waals surface area (Å²) in [4.78, 5) is 0. The minimum atomic E-state index is 0.108. The Morgan fingerprint density at radius 2 is 1.80 bits per heavy atom. The molecule has 0 atom stereocenters. The summed E-state index contributed by atoms with van der Waals surface area (Å²) in [6.45, 7) is 0. The molecule has 0 rings (SSSR count). The summed E-state index contributed by atoms with van der Waals surface area (Å²) < 4.78 is 0. The van der Waals surface area contributed by atoms with Crippen molar-refractivity contribution in [2.45, 2.75) is 0 Å². The van der Waals surface area contributed by atoms with Crippen molar-refractivity contribution >= 4 is 16.7 Å². The van der Waals surface area contributed by atoms with Crippen molar-refractivity contribution in [3.63, 3.8) is 0 Å². The Balaban J connectivity index is 3.14. The van der Waals surface area contributed by atoms with E-state index in [9.17, 15) is 0 Å². The van der Waals surface area contributed by atoms with E-state index >= 15 is 0 Å². The molecule has 0 aliphatic heterocycles. The second-order valence-corrected chi connectivity index (χ2v) is 2.96. The van der Waals surface area contributed by atoms with Gasteiger partial charge in [0.15, 0.2) is 0 Å². The fourth-order valence-electron chi connectivity index (χ4n) is 0. The minimum absolute atomic E-state index is 0.108. The summed E-state index contributed by atoms with van der Waals surface area (Å²) in [6, 6.07) is 0. The molecule has 1 N–H and O–H groups in total. The van der Waals surface area contributed by atoms with Crippen LogP contribution in [0.1, 0.15) is 0 Å². The molecule has 0 bridgehead atoms. The summed E-state index contributed by atoms with van der Waals surface area (Å²) in [5.41, 5.74) is 0. The average molecular weight is 90.0 g/mol. The number of hydrogen-bond donors (Lipinski definition) is 1. The van der Waals surface area contributed by atoms with Gasteiger partial charge in [-0.2, -0.15) is 0 Å². The van der Waals surface area contributed by atoms with Crippen LogP contribution >= 0.6 is 10.3 Å². The molecule has 0 heterocycles. The zero-order valence-corrected chi connectivity index (χ0v) is 4.25. The maximum absolute atomic E-state index is 8.03. The molecule has 0 fully saturated rings. The monoisotopic (exact) mass is 90.0 g/mol. The molecule has 30 valence electrons. The van der Waals surface area contributed by atoms with Gasteiger partial charge in [-0.3, -0.25) is 0 Å². The normalized spacial score (nSPS) is 8.00. The van der Waals surface area contributed by atoms with Crippen LogP contribution in [0.3, 0.4) is 0 Å². The van der Waals surface area contributed by atoms with Gasteiger partial charge in [0, 0.05) is 0 Å². The molecule has 0 radical (unpaired) electrons. The quantitative estimate of drug-likeness (QED) is 0.416. The van der Waals surface area contributed by atoms with Gasteiger partial charge in [-0.05, 0) is 0 Å². The first-order valence-corrected chi connectivity index (χ1v) is 3.41. The van der Waals surface area contributed by atoms with Gasteiger partial charge in [0.05, 0.1) is 0 Å². The van der Waals surface area contributed by atoms with Crippen LogP contribution in [0.4, 0.5) is 0 Å². The first-order valence-electron chi connectivity index (χ1n) is 1.31. The molecular weight excluding hydrogens is 82.9 g/mol. The van der Waals surface area contributed by atoms with Crippen molar-refractivity contribution in [3.05, 3.63) is 0 Å². The molecule has 0 aromatic heterocycles. The van der Waals surface area contributed by atoms with E-state index in [2.05, 4.69) is 0 Å². The molecule has 0 saturated heterocycles. The molecule has 0 spiro atoms. The van der Waals surface area contributed by atoms with Crippen LogP contribution in [0.2, 0.25) is 0 Å². The van der Waals surface area contributed by atoms with Crippen LogP contribution in [0, 0.1) is 0 Å². The zero-order valence-electron chi connectivity index (χ0n) is 3.43. The predicted molar refractivity (Wildman–Crippen MR) is 27.4 cm³/mol. The summed E-state index contributed by atoms with van der Waals surface area (Å²) >= 11 is 0. The fraction of sp³-hybridized carbons (Fsp3) is 1.00. The summed E-state index contributed by atoms with van der Waals surface area (Å²) in [5.74, 6) is 0. The Morgan fingerprint density at radius 1 is 1.60 bits per heavy atom. The first kappa shape index (κ1) is 5.37. The second-order valence-electron chi connectivity index (χ2n) is 0.985. The van der Waals surface area contributed by atoms with E-state index in [0.717, 1.165) is 0 Å². The van der Waals surface area contributed by atoms with Gasteiger partial charge < -0.3 is 0 Å². The molecular formula is C2H7BOS. The van der Waals surface area contributed by atoms with E-state index < -0.39 is 0 Å². The molecule has 3 heteroatoms. The Morgan fingerprint density at radius 3 is 1.80 bits per heavy atom. The third-order valence-corrected chi connectivity index (χ3v) is 0.632. The van der Waals surface area contributed by atoms with Gasteiger partial charge >= 0.3 is 34.2 Å². The molecule has 5 heavy (non-hydrogen) atoms. The molecule has 0 aromatic rings. The van der Waals surface area contributed by atoms with E-state index in [1.54, 1.807) is 0 Å². The van der Waals surface area contributed by atoms with Crippen LogP contribution in [0.25, 0.3) is 0 Å². The molecule has 0 aliphatic rings. The van der Waals surface area contributed by atoms with Crippen molar-refractivity contribution in [3.8, 4) is 0 Å². The average Bonchev–Trinajstić information content (AvgIpc) is 1.38. The van der Waals surface area contributed by atoms with Gasteiger partial charge in [0.2, 0.25) is 0 Å². The number of rotatable bonds is 0. The maximum atomic E-state index is 8.03. The van der Waals surface area contributed by atoms with Crippen molar-refractivity contribution in [1.29, 1.82) is 0 Å². The third-order valence-electron chi connectivity index (χ3n) is 0.211. The van der Waals surface area contributed by atoms with Crippen molar-refractivity contribution in [1.82, 2.24) is 0 Å². The topological polar surface area (TPSA) is 20.2 Å². The van der Waals surface area contributed by atoms with Crippen molar-refractivity contribution in [2.75, 3.05) is 12.5 Å². The Bertz CT molecular complexity index is 47.6. The SMILES string of the molecule is CS(C)=BO. The van der Waals surface area contributed by atoms with E-state index in [4.69, 9.17) is 5.02 Å². The van der Waals surface area contributed by atoms with Crippen LogP contribution in [0.15, 0.2) is 0 Å². The molecule has 0 saturated carbocycles. The molecule has 0 aliphatic carbocycles. The summed E-state index contributed by atoms with van der Waals surface area (Å²) in [5, 5.41) is 8.03. The van der Waals surface area contributed by atoms with E-state index in [1.807, 2.05) is 12.5 Å². The molecule has 0 amide bonds. The van der Waals surface area contributed by atoms with Gasteiger partial charge in [0.1, 0.15) is 0 Å². The van der Waals surface area contributed by atoms with Gasteiger partial charge in [-0.1, -0.05) is 0 Å².